The molecule has 2 rings (SSSR count). The van der Waals surface area contributed by atoms with E-state index < -0.39 is 11.9 Å². The Balaban J connectivity index is 1.83. The van der Waals surface area contributed by atoms with E-state index in [9.17, 15) is 14.7 Å². The molecule has 1 amide bonds. The van der Waals surface area contributed by atoms with Crippen molar-refractivity contribution in [2.45, 2.75) is 36.6 Å². The highest BCUT2D eigenvalue weighted by Gasteiger charge is 2.31. The second-order valence-electron chi connectivity index (χ2n) is 5.15. The van der Waals surface area contributed by atoms with E-state index in [2.05, 4.69) is 21.2 Å². The molecule has 6 heteroatoms. The van der Waals surface area contributed by atoms with E-state index in [4.69, 9.17) is 0 Å². The third-order valence-electron chi connectivity index (χ3n) is 3.61. The highest BCUT2D eigenvalue weighted by molar-refractivity contribution is 9.10. The first kappa shape index (κ1) is 16.4. The molecule has 21 heavy (non-hydrogen) atoms. The number of carbonyl (C=O) groups is 2. The molecule has 2 atom stereocenters. The van der Waals surface area contributed by atoms with Crippen LogP contribution in [0.2, 0.25) is 0 Å². The summed E-state index contributed by atoms with van der Waals surface area (Å²) in [6, 6.07) is 7.53. The third-order valence-corrected chi connectivity index (χ3v) is 5.15. The monoisotopic (exact) mass is 371 g/mol. The fraction of sp³-hybridized carbons (Fsp3) is 0.467. The number of halogens is 1. The average molecular weight is 372 g/mol. The smallest absolute Gasteiger partial charge is 0.308 e. The summed E-state index contributed by atoms with van der Waals surface area (Å²) in [5.74, 6) is -1.04. The summed E-state index contributed by atoms with van der Waals surface area (Å²) >= 11 is 4.82. The number of thioether (sulfide) groups is 1. The first-order chi connectivity index (χ1) is 10.1. The standard InChI is InChI=1S/C15H18BrNO3S/c16-10-5-7-11(8-6-10)21-9-14(18)17-13-4-2-1-3-12(13)15(19)20/h5-8,12-13H,1-4,9H2,(H,17,18)(H,19,20). The SMILES string of the molecule is O=C(CSc1ccc(Br)cc1)NC1CCCCC1C(=O)O. The van der Waals surface area contributed by atoms with Crippen LogP contribution in [0.5, 0.6) is 0 Å². The van der Waals surface area contributed by atoms with Crippen LogP contribution >= 0.6 is 27.7 Å². The van der Waals surface area contributed by atoms with Crippen LogP contribution in [-0.4, -0.2) is 28.8 Å². The van der Waals surface area contributed by atoms with Crippen LogP contribution in [0.3, 0.4) is 0 Å². The zero-order valence-corrected chi connectivity index (χ0v) is 14.0. The molecule has 0 aliphatic heterocycles. The van der Waals surface area contributed by atoms with E-state index in [1.807, 2.05) is 24.3 Å². The van der Waals surface area contributed by atoms with Crippen LogP contribution in [0, 0.1) is 5.92 Å². The molecule has 1 aliphatic carbocycles. The molecule has 114 valence electrons. The van der Waals surface area contributed by atoms with Crippen LogP contribution in [0.15, 0.2) is 33.6 Å². The van der Waals surface area contributed by atoms with Crippen LogP contribution in [0.4, 0.5) is 0 Å². The largest absolute Gasteiger partial charge is 0.481 e. The van der Waals surface area contributed by atoms with Crippen LogP contribution < -0.4 is 5.32 Å². The van der Waals surface area contributed by atoms with Crippen molar-refractivity contribution in [1.29, 1.82) is 0 Å². The highest BCUT2D eigenvalue weighted by atomic mass is 79.9. The topological polar surface area (TPSA) is 66.4 Å². The minimum Gasteiger partial charge on any atom is -0.481 e. The van der Waals surface area contributed by atoms with Gasteiger partial charge in [0.1, 0.15) is 0 Å². The molecule has 0 bridgehead atoms. The second-order valence-corrected chi connectivity index (χ2v) is 7.11. The number of hydrogen-bond acceptors (Lipinski definition) is 3. The van der Waals surface area contributed by atoms with Crippen molar-refractivity contribution in [2.24, 2.45) is 5.92 Å². The van der Waals surface area contributed by atoms with Gasteiger partial charge >= 0.3 is 5.97 Å². The van der Waals surface area contributed by atoms with E-state index in [0.717, 1.165) is 28.6 Å². The maximum atomic E-state index is 12.0. The van der Waals surface area contributed by atoms with Crippen LogP contribution in [-0.2, 0) is 9.59 Å². The average Bonchev–Trinajstić information content (AvgIpc) is 2.47. The number of benzene rings is 1. The van der Waals surface area contributed by atoms with Gasteiger partial charge in [0, 0.05) is 15.4 Å². The maximum Gasteiger partial charge on any atom is 0.308 e. The fourth-order valence-electron chi connectivity index (χ4n) is 2.53. The molecule has 2 unspecified atom stereocenters. The lowest BCUT2D eigenvalue weighted by Gasteiger charge is -2.29. The summed E-state index contributed by atoms with van der Waals surface area (Å²) in [4.78, 5) is 24.2. The van der Waals surface area contributed by atoms with Gasteiger partial charge in [-0.25, -0.2) is 0 Å². The quantitative estimate of drug-likeness (QED) is 0.779. The molecule has 0 heterocycles. The summed E-state index contributed by atoms with van der Waals surface area (Å²) in [5.41, 5.74) is 0. The molecule has 4 nitrogen and oxygen atoms in total. The summed E-state index contributed by atoms with van der Waals surface area (Å²) in [7, 11) is 0. The minimum absolute atomic E-state index is 0.0962. The Hall–Kier alpha value is -1.01. The van der Waals surface area contributed by atoms with Crippen molar-refractivity contribution in [1.82, 2.24) is 5.32 Å². The van der Waals surface area contributed by atoms with Crippen molar-refractivity contribution < 1.29 is 14.7 Å². The number of amides is 1. The molecule has 0 spiro atoms. The zero-order valence-electron chi connectivity index (χ0n) is 11.5. The Morgan fingerprint density at radius 1 is 1.24 bits per heavy atom. The Bertz CT molecular complexity index is 506. The summed E-state index contributed by atoms with van der Waals surface area (Å²) in [6.45, 7) is 0. The van der Waals surface area contributed by atoms with Gasteiger partial charge in [-0.05, 0) is 37.1 Å². The van der Waals surface area contributed by atoms with Gasteiger partial charge in [0.25, 0.3) is 0 Å². The number of hydrogen-bond donors (Lipinski definition) is 2. The molecular weight excluding hydrogens is 354 g/mol. The molecule has 0 aromatic heterocycles. The van der Waals surface area contributed by atoms with Gasteiger partial charge in [0.05, 0.1) is 11.7 Å². The maximum absolute atomic E-state index is 12.0. The molecule has 0 saturated heterocycles. The molecule has 1 aromatic rings. The summed E-state index contributed by atoms with van der Waals surface area (Å²) < 4.78 is 1.00. The Kier molecular flexibility index (Phi) is 6.11. The zero-order chi connectivity index (χ0) is 15.2. The number of carboxylic acids is 1. The van der Waals surface area contributed by atoms with Crippen LogP contribution in [0.1, 0.15) is 25.7 Å². The van der Waals surface area contributed by atoms with Crippen LogP contribution in [0.25, 0.3) is 0 Å². The van der Waals surface area contributed by atoms with E-state index in [1.54, 1.807) is 0 Å². The second kappa shape index (κ2) is 7.84. The first-order valence-corrected chi connectivity index (χ1v) is 8.74. The summed E-state index contributed by atoms with van der Waals surface area (Å²) in [6.07, 6.45) is 3.32. The minimum atomic E-state index is -0.805. The first-order valence-electron chi connectivity index (χ1n) is 6.97. The van der Waals surface area contributed by atoms with Gasteiger partial charge in [0.15, 0.2) is 0 Å². The fourth-order valence-corrected chi connectivity index (χ4v) is 3.50. The molecule has 1 saturated carbocycles. The van der Waals surface area contributed by atoms with Gasteiger partial charge in [-0.15, -0.1) is 11.8 Å². The summed E-state index contributed by atoms with van der Waals surface area (Å²) in [5, 5.41) is 12.1. The lowest BCUT2D eigenvalue weighted by molar-refractivity contribution is -0.144. The molecular formula is C15H18BrNO3S. The van der Waals surface area contributed by atoms with Crippen molar-refractivity contribution >= 4 is 39.6 Å². The molecule has 1 fully saturated rings. The Morgan fingerprint density at radius 3 is 2.57 bits per heavy atom. The van der Waals surface area contributed by atoms with Gasteiger partial charge in [-0.1, -0.05) is 28.8 Å². The lowest BCUT2D eigenvalue weighted by Crippen LogP contribution is -2.45. The number of aliphatic carboxylic acids is 1. The normalized spacial score (nSPS) is 21.8. The van der Waals surface area contributed by atoms with Crippen molar-refractivity contribution in [3.8, 4) is 0 Å². The number of nitrogens with one attached hydrogen (secondary N) is 1. The highest BCUT2D eigenvalue weighted by Crippen LogP contribution is 2.25. The van der Waals surface area contributed by atoms with Gasteiger partial charge in [-0.3, -0.25) is 9.59 Å². The van der Waals surface area contributed by atoms with E-state index in [1.165, 1.54) is 11.8 Å². The number of carboxylic acid groups (broad SMARTS) is 1. The Labute approximate surface area is 136 Å². The van der Waals surface area contributed by atoms with Crippen molar-refractivity contribution in [3.05, 3.63) is 28.7 Å². The number of rotatable bonds is 5. The van der Waals surface area contributed by atoms with Gasteiger partial charge in [0.2, 0.25) is 5.91 Å². The van der Waals surface area contributed by atoms with Crippen molar-refractivity contribution in [2.75, 3.05) is 5.75 Å². The molecule has 2 N–H and O–H groups in total. The van der Waals surface area contributed by atoms with E-state index in [-0.39, 0.29) is 11.9 Å². The molecule has 1 aromatic carbocycles. The molecule has 1 aliphatic rings. The third kappa shape index (κ3) is 5.04. The molecule has 0 radical (unpaired) electrons. The van der Waals surface area contributed by atoms with E-state index in [0.29, 0.717) is 12.2 Å². The lowest BCUT2D eigenvalue weighted by atomic mass is 9.84. The van der Waals surface area contributed by atoms with Gasteiger partial charge < -0.3 is 10.4 Å². The predicted octanol–water partition coefficient (Wildman–Crippen LogP) is 3.30. The van der Waals surface area contributed by atoms with Gasteiger partial charge in [-0.2, -0.15) is 0 Å². The van der Waals surface area contributed by atoms with Crippen molar-refractivity contribution in [3.63, 3.8) is 0 Å². The predicted molar refractivity (Wildman–Crippen MR) is 86.4 cm³/mol. The Morgan fingerprint density at radius 2 is 1.90 bits per heavy atom. The van der Waals surface area contributed by atoms with E-state index >= 15 is 0 Å². The number of carbonyl (C=O) groups excluding carboxylic acids is 1.